The van der Waals surface area contributed by atoms with Crippen LogP contribution in [0.1, 0.15) is 90.2 Å². The van der Waals surface area contributed by atoms with Gasteiger partial charge in [-0.3, -0.25) is 14.4 Å². The molecular weight excluding hydrogens is 686 g/mol. The zero-order valence-corrected chi connectivity index (χ0v) is 31.1. The fraction of sp³-hybridized carbons (Fsp3) is 0.526. The Morgan fingerprint density at radius 1 is 0.900 bits per heavy atom. The lowest BCUT2D eigenvalue weighted by Crippen LogP contribution is -2.36. The van der Waals surface area contributed by atoms with Crippen molar-refractivity contribution in [2.24, 2.45) is 0 Å². The summed E-state index contributed by atoms with van der Waals surface area (Å²) in [7, 11) is 0. The quantitative estimate of drug-likeness (QED) is 0.0700. The van der Waals surface area contributed by atoms with Gasteiger partial charge in [-0.05, 0) is 68.6 Å². The number of hydrogen-bond donors (Lipinski definition) is 0. The van der Waals surface area contributed by atoms with E-state index in [1.54, 1.807) is 4.90 Å². The summed E-state index contributed by atoms with van der Waals surface area (Å²) in [5.41, 5.74) is 4.06. The fourth-order valence-electron chi connectivity index (χ4n) is 5.87. The highest BCUT2D eigenvalue weighted by molar-refractivity contribution is 6.34. The number of alkyl halides is 1. The summed E-state index contributed by atoms with van der Waals surface area (Å²) < 4.78 is 30.5. The number of nitrogens with zero attached hydrogens (tertiary/aromatic N) is 2. The normalized spacial score (nSPS) is 13.9. The number of imide groups is 1. The molecule has 50 heavy (non-hydrogen) atoms. The predicted molar refractivity (Wildman–Crippen MR) is 195 cm³/mol. The van der Waals surface area contributed by atoms with Crippen LogP contribution >= 0.6 is 23.2 Å². The van der Waals surface area contributed by atoms with Gasteiger partial charge >= 0.3 is 5.97 Å². The molecule has 9 nitrogen and oxygen atoms in total. The number of rotatable bonds is 17. The van der Waals surface area contributed by atoms with Gasteiger partial charge in [0.15, 0.2) is 6.61 Å². The minimum atomic E-state index is -0.814. The monoisotopic (exact) mass is 734 g/mol. The molecule has 1 aliphatic heterocycles. The first kappa shape index (κ1) is 41.0. The number of benzene rings is 2. The summed E-state index contributed by atoms with van der Waals surface area (Å²) in [4.78, 5) is 52.0. The van der Waals surface area contributed by atoms with Gasteiger partial charge in [0.2, 0.25) is 5.91 Å². The Morgan fingerprint density at radius 3 is 2.10 bits per heavy atom. The summed E-state index contributed by atoms with van der Waals surface area (Å²) in [5, 5.41) is -0.0677. The number of carbonyl (C=O) groups is 4. The molecule has 0 aromatic heterocycles. The van der Waals surface area contributed by atoms with E-state index >= 15 is 0 Å². The van der Waals surface area contributed by atoms with E-state index < -0.39 is 30.2 Å². The van der Waals surface area contributed by atoms with Crippen molar-refractivity contribution in [2.75, 3.05) is 48.7 Å². The maximum absolute atomic E-state index is 14.5. The number of aryl methyl sites for hydroxylation is 2. The Bertz CT molecular complexity index is 1480. The van der Waals surface area contributed by atoms with Crippen LogP contribution in [0.25, 0.3) is 0 Å². The van der Waals surface area contributed by atoms with Crippen molar-refractivity contribution in [3.63, 3.8) is 0 Å². The van der Waals surface area contributed by atoms with Crippen LogP contribution in [0.2, 0.25) is 5.02 Å². The van der Waals surface area contributed by atoms with E-state index in [0.29, 0.717) is 43.7 Å². The van der Waals surface area contributed by atoms with E-state index in [1.165, 1.54) is 17.2 Å². The number of halogens is 3. The first-order valence-corrected chi connectivity index (χ1v) is 18.5. The fourth-order valence-corrected chi connectivity index (χ4v) is 6.22. The summed E-state index contributed by atoms with van der Waals surface area (Å²) >= 11 is 11.8. The molecule has 1 aliphatic carbocycles. The third-order valence-electron chi connectivity index (χ3n) is 8.45. The minimum absolute atomic E-state index is 0.000883. The van der Waals surface area contributed by atoms with Crippen LogP contribution in [0.5, 0.6) is 5.75 Å². The molecule has 0 N–H and O–H groups in total. The maximum Gasteiger partial charge on any atom is 0.344 e. The summed E-state index contributed by atoms with van der Waals surface area (Å²) in [6, 6.07) is 8.36. The third-order valence-corrected chi connectivity index (χ3v) is 8.97. The first-order chi connectivity index (χ1) is 24.1. The van der Waals surface area contributed by atoms with Crippen molar-refractivity contribution in [3.05, 3.63) is 63.4 Å². The van der Waals surface area contributed by atoms with Gasteiger partial charge in [-0.25, -0.2) is 14.1 Å². The molecular formula is C38H49Cl2FN2O7. The zero-order valence-electron chi connectivity index (χ0n) is 29.6. The highest BCUT2D eigenvalue weighted by Crippen LogP contribution is 2.39. The molecule has 3 amide bonds. The highest BCUT2D eigenvalue weighted by Gasteiger charge is 2.41. The van der Waals surface area contributed by atoms with Crippen LogP contribution in [0.3, 0.4) is 0 Å². The largest absolute Gasteiger partial charge is 0.480 e. The van der Waals surface area contributed by atoms with Gasteiger partial charge in [-0.15, -0.1) is 11.6 Å². The Morgan fingerprint density at radius 2 is 1.54 bits per heavy atom. The highest BCUT2D eigenvalue weighted by atomic mass is 35.5. The molecule has 2 aromatic carbocycles. The minimum Gasteiger partial charge on any atom is -0.480 e. The van der Waals surface area contributed by atoms with Crippen molar-refractivity contribution in [1.82, 2.24) is 0 Å². The van der Waals surface area contributed by atoms with Crippen molar-refractivity contribution >= 4 is 58.3 Å². The van der Waals surface area contributed by atoms with Gasteiger partial charge in [-0.2, -0.15) is 0 Å². The molecule has 0 saturated heterocycles. The molecule has 0 bridgehead atoms. The molecule has 0 atom stereocenters. The Hall–Kier alpha value is -3.47. The van der Waals surface area contributed by atoms with E-state index in [0.717, 1.165) is 74.6 Å². The molecule has 274 valence electrons. The zero-order chi connectivity index (χ0) is 36.6. The summed E-state index contributed by atoms with van der Waals surface area (Å²) in [6.07, 6.45) is 8.17. The number of unbranched alkanes of at least 4 members (excludes halogenated alkanes) is 2. The van der Waals surface area contributed by atoms with Crippen LogP contribution in [-0.2, 0) is 41.5 Å². The Balaban J connectivity index is 0.000000286. The van der Waals surface area contributed by atoms with Gasteiger partial charge in [-0.1, -0.05) is 70.3 Å². The van der Waals surface area contributed by atoms with Gasteiger partial charge in [0.05, 0.1) is 29.6 Å². The maximum atomic E-state index is 14.5. The number of esters is 1. The number of ether oxygens (including phenoxy) is 3. The number of hydrogen-bond acceptors (Lipinski definition) is 7. The molecule has 0 spiro atoms. The second kappa shape index (κ2) is 21.0. The molecule has 1 heterocycles. The van der Waals surface area contributed by atoms with Gasteiger partial charge in [0.25, 0.3) is 11.8 Å². The second-order valence-corrected chi connectivity index (χ2v) is 12.7. The number of para-hydroxylation sites is 1. The number of anilines is 2. The number of carbonyl (C=O) groups excluding carboxylic acids is 4. The van der Waals surface area contributed by atoms with E-state index in [1.807, 2.05) is 6.92 Å². The lowest BCUT2D eigenvalue weighted by Gasteiger charge is -2.27. The molecule has 0 radical (unpaired) electrons. The molecule has 12 heteroatoms. The summed E-state index contributed by atoms with van der Waals surface area (Å²) in [6.45, 7) is 10.0. The first-order valence-electron chi connectivity index (χ1n) is 17.6. The molecule has 0 saturated carbocycles. The molecule has 0 fully saturated rings. The average molecular weight is 736 g/mol. The predicted octanol–water partition coefficient (Wildman–Crippen LogP) is 8.14. The second-order valence-electron chi connectivity index (χ2n) is 12.0. The standard InChI is InChI=1S/C21H23ClFNO5.C17H26ClNO2/c1-2-3-6-9-28-19(25)12-29-18-11-17(16(23)10-15(18)22)24-20(26)13-7-4-5-8-14(13)21(24)27;1-4-11-21-12-10-19(16(20)13-18)17-14(5-2)8-7-9-15(17)6-3/h10-11H,2-9,12H2,1H3;7-9H,4-6,10-13H2,1-3H3. The van der Waals surface area contributed by atoms with Gasteiger partial charge in [0.1, 0.15) is 17.4 Å². The van der Waals surface area contributed by atoms with Crippen LogP contribution in [-0.4, -0.2) is 62.5 Å². The smallest absolute Gasteiger partial charge is 0.344 e. The van der Waals surface area contributed by atoms with E-state index in [4.69, 9.17) is 37.4 Å². The molecule has 2 aliphatic rings. The van der Waals surface area contributed by atoms with Crippen LogP contribution < -0.4 is 14.5 Å². The number of amides is 3. The lowest BCUT2D eigenvalue weighted by atomic mass is 9.93. The molecule has 0 unspecified atom stereocenters. The van der Waals surface area contributed by atoms with Gasteiger partial charge < -0.3 is 19.1 Å². The SMILES string of the molecule is CCCCCOC(=O)COc1cc(N2C(=O)C3=C(CCCC3)C2=O)c(F)cc1Cl.CCCOCCN(C(=O)CCl)c1c(CC)cccc1CC. The summed E-state index contributed by atoms with van der Waals surface area (Å²) in [5.74, 6) is -2.47. The van der Waals surface area contributed by atoms with E-state index in [-0.39, 0.29) is 28.2 Å². The van der Waals surface area contributed by atoms with Crippen LogP contribution in [0.15, 0.2) is 41.5 Å². The van der Waals surface area contributed by atoms with Gasteiger partial charge in [0, 0.05) is 30.4 Å². The van der Waals surface area contributed by atoms with E-state index in [2.05, 4.69) is 39.0 Å². The van der Waals surface area contributed by atoms with Crippen molar-refractivity contribution in [2.45, 2.75) is 91.9 Å². The Kier molecular flexibility index (Phi) is 17.2. The average Bonchev–Trinajstić information content (AvgIpc) is 3.38. The van der Waals surface area contributed by atoms with Crippen molar-refractivity contribution in [1.29, 1.82) is 0 Å². The topological polar surface area (TPSA) is 102 Å². The van der Waals surface area contributed by atoms with E-state index in [9.17, 15) is 23.6 Å². The molecule has 2 aromatic rings. The van der Waals surface area contributed by atoms with Crippen molar-refractivity contribution in [3.8, 4) is 5.75 Å². The Labute approximate surface area is 305 Å². The van der Waals surface area contributed by atoms with Crippen LogP contribution in [0.4, 0.5) is 15.8 Å². The van der Waals surface area contributed by atoms with Crippen molar-refractivity contribution < 1.29 is 37.8 Å². The third kappa shape index (κ3) is 10.8. The van der Waals surface area contributed by atoms with Crippen LogP contribution in [0, 0.1) is 5.82 Å². The lowest BCUT2D eigenvalue weighted by molar-refractivity contribution is -0.146. The molecule has 4 rings (SSSR count).